The standard InChI is InChI=1S/C27H32FN/c1-2-3-4-19-5-7-20(8-6-19)21-9-11-22(12-10-21)23-15-16-26-24(17-23)13-14-25(18-29)27(26)28/h9-14,19-20,23H,2-8,15-17H2,1H3. The van der Waals surface area contributed by atoms with Gasteiger partial charge in [-0.25, -0.2) is 4.39 Å². The quantitative estimate of drug-likeness (QED) is 0.521. The van der Waals surface area contributed by atoms with Crippen LogP contribution in [0.5, 0.6) is 0 Å². The second kappa shape index (κ2) is 9.12. The van der Waals surface area contributed by atoms with Crippen LogP contribution in [0.1, 0.15) is 97.9 Å². The van der Waals surface area contributed by atoms with Gasteiger partial charge in [-0.05, 0) is 91.0 Å². The summed E-state index contributed by atoms with van der Waals surface area (Å²) < 4.78 is 14.4. The number of nitriles is 1. The van der Waals surface area contributed by atoms with Crippen molar-refractivity contribution in [2.45, 2.75) is 83.0 Å². The van der Waals surface area contributed by atoms with E-state index in [1.807, 2.05) is 12.1 Å². The first-order chi connectivity index (χ1) is 14.2. The van der Waals surface area contributed by atoms with Crippen LogP contribution in [0.2, 0.25) is 0 Å². The van der Waals surface area contributed by atoms with Crippen LogP contribution >= 0.6 is 0 Å². The molecule has 2 aromatic rings. The van der Waals surface area contributed by atoms with Gasteiger partial charge in [0.15, 0.2) is 0 Å². The average molecular weight is 390 g/mol. The molecule has 29 heavy (non-hydrogen) atoms. The largest absolute Gasteiger partial charge is 0.205 e. The number of fused-ring (bicyclic) bond motifs is 1. The van der Waals surface area contributed by atoms with Crippen LogP contribution < -0.4 is 0 Å². The fraction of sp³-hybridized carbons (Fsp3) is 0.519. The lowest BCUT2D eigenvalue weighted by Crippen LogP contribution is -2.15. The zero-order chi connectivity index (χ0) is 20.2. The van der Waals surface area contributed by atoms with Gasteiger partial charge in [0.05, 0.1) is 5.56 Å². The molecule has 0 heterocycles. The van der Waals surface area contributed by atoms with Crippen molar-refractivity contribution in [1.29, 1.82) is 5.26 Å². The number of unbranched alkanes of at least 4 members (excludes halogenated alkanes) is 1. The van der Waals surface area contributed by atoms with E-state index in [0.29, 0.717) is 5.92 Å². The van der Waals surface area contributed by atoms with Crippen molar-refractivity contribution < 1.29 is 4.39 Å². The molecule has 0 amide bonds. The van der Waals surface area contributed by atoms with Crippen molar-refractivity contribution in [3.05, 3.63) is 70.0 Å². The number of hydrogen-bond donors (Lipinski definition) is 0. The summed E-state index contributed by atoms with van der Waals surface area (Å²) in [5.74, 6) is 1.84. The van der Waals surface area contributed by atoms with E-state index >= 15 is 0 Å². The Morgan fingerprint density at radius 3 is 2.28 bits per heavy atom. The molecule has 0 aliphatic heterocycles. The summed E-state index contributed by atoms with van der Waals surface area (Å²) in [6, 6.07) is 14.9. The Labute approximate surface area is 175 Å². The predicted molar refractivity (Wildman–Crippen MR) is 117 cm³/mol. The van der Waals surface area contributed by atoms with Crippen molar-refractivity contribution in [3.8, 4) is 6.07 Å². The minimum Gasteiger partial charge on any atom is -0.205 e. The van der Waals surface area contributed by atoms with Gasteiger partial charge in [-0.3, -0.25) is 0 Å². The van der Waals surface area contributed by atoms with E-state index in [1.54, 1.807) is 6.07 Å². The molecule has 2 aliphatic rings. The summed E-state index contributed by atoms with van der Waals surface area (Å²) in [7, 11) is 0. The smallest absolute Gasteiger partial charge is 0.144 e. The lowest BCUT2D eigenvalue weighted by Gasteiger charge is -2.29. The molecule has 1 fully saturated rings. The number of rotatable bonds is 5. The molecule has 0 spiro atoms. The molecule has 0 N–H and O–H groups in total. The third-order valence-corrected chi connectivity index (χ3v) is 7.36. The van der Waals surface area contributed by atoms with Crippen LogP contribution in [-0.4, -0.2) is 0 Å². The van der Waals surface area contributed by atoms with Crippen LogP contribution in [0.3, 0.4) is 0 Å². The molecule has 0 aromatic heterocycles. The summed E-state index contributed by atoms with van der Waals surface area (Å²) in [4.78, 5) is 0. The molecule has 2 aromatic carbocycles. The highest BCUT2D eigenvalue weighted by atomic mass is 19.1. The van der Waals surface area contributed by atoms with Crippen molar-refractivity contribution in [1.82, 2.24) is 0 Å². The summed E-state index contributed by atoms with van der Waals surface area (Å²) in [6.45, 7) is 2.29. The summed E-state index contributed by atoms with van der Waals surface area (Å²) >= 11 is 0. The van der Waals surface area contributed by atoms with E-state index in [4.69, 9.17) is 5.26 Å². The molecule has 2 aliphatic carbocycles. The highest BCUT2D eigenvalue weighted by Gasteiger charge is 2.25. The normalized spacial score (nSPS) is 24.0. The highest BCUT2D eigenvalue weighted by molar-refractivity contribution is 5.43. The minimum absolute atomic E-state index is 0.177. The maximum Gasteiger partial charge on any atom is 0.144 e. The Kier molecular flexibility index (Phi) is 6.34. The van der Waals surface area contributed by atoms with E-state index in [1.165, 1.54) is 56.1 Å². The van der Waals surface area contributed by atoms with Crippen molar-refractivity contribution in [2.75, 3.05) is 0 Å². The summed E-state index contributed by atoms with van der Waals surface area (Å²) in [5, 5.41) is 9.05. The molecular weight excluding hydrogens is 357 g/mol. The maximum atomic E-state index is 14.4. The third kappa shape index (κ3) is 4.40. The molecule has 2 heteroatoms. The monoisotopic (exact) mass is 389 g/mol. The topological polar surface area (TPSA) is 23.8 Å². The lowest BCUT2D eigenvalue weighted by molar-refractivity contribution is 0.304. The molecule has 1 unspecified atom stereocenters. The number of halogens is 1. The Morgan fingerprint density at radius 2 is 1.62 bits per heavy atom. The number of benzene rings is 2. The highest BCUT2D eigenvalue weighted by Crippen LogP contribution is 2.39. The fourth-order valence-electron chi connectivity index (χ4n) is 5.50. The molecule has 0 saturated heterocycles. The van der Waals surface area contributed by atoms with Crippen LogP contribution in [0.15, 0.2) is 36.4 Å². The third-order valence-electron chi connectivity index (χ3n) is 7.36. The maximum absolute atomic E-state index is 14.4. The number of hydrogen-bond acceptors (Lipinski definition) is 1. The van der Waals surface area contributed by atoms with E-state index in [2.05, 4.69) is 31.2 Å². The van der Waals surface area contributed by atoms with Gasteiger partial charge in [0.1, 0.15) is 11.9 Å². The van der Waals surface area contributed by atoms with Crippen LogP contribution in [-0.2, 0) is 12.8 Å². The molecule has 152 valence electrons. The average Bonchev–Trinajstić information content (AvgIpc) is 2.78. The minimum atomic E-state index is -0.298. The molecule has 0 bridgehead atoms. The molecule has 0 radical (unpaired) electrons. The first kappa shape index (κ1) is 20.1. The predicted octanol–water partition coefficient (Wildman–Crippen LogP) is 7.43. The summed E-state index contributed by atoms with van der Waals surface area (Å²) in [6.07, 6.45) is 12.1. The first-order valence-corrected chi connectivity index (χ1v) is 11.5. The van der Waals surface area contributed by atoms with Gasteiger partial charge >= 0.3 is 0 Å². The van der Waals surface area contributed by atoms with E-state index in [-0.39, 0.29) is 11.4 Å². The van der Waals surface area contributed by atoms with Gasteiger partial charge in [-0.15, -0.1) is 0 Å². The molecular formula is C27H32FN. The van der Waals surface area contributed by atoms with Gasteiger partial charge in [0, 0.05) is 0 Å². The van der Waals surface area contributed by atoms with Gasteiger partial charge in [-0.1, -0.05) is 56.5 Å². The Hall–Kier alpha value is -2.14. The van der Waals surface area contributed by atoms with E-state index in [9.17, 15) is 4.39 Å². The second-order valence-corrected chi connectivity index (χ2v) is 9.14. The van der Waals surface area contributed by atoms with Crippen molar-refractivity contribution in [2.24, 2.45) is 5.92 Å². The van der Waals surface area contributed by atoms with Crippen molar-refractivity contribution >= 4 is 0 Å². The zero-order valence-electron chi connectivity index (χ0n) is 17.6. The van der Waals surface area contributed by atoms with Crippen molar-refractivity contribution in [3.63, 3.8) is 0 Å². The SMILES string of the molecule is CCCCC1CCC(c2ccc(C3CCc4c(ccc(C#N)c4F)C3)cc2)CC1. The van der Waals surface area contributed by atoms with Crippen LogP contribution in [0.25, 0.3) is 0 Å². The molecule has 1 atom stereocenters. The fourth-order valence-corrected chi connectivity index (χ4v) is 5.50. The van der Waals surface area contributed by atoms with Crippen LogP contribution in [0.4, 0.5) is 4.39 Å². The van der Waals surface area contributed by atoms with E-state index < -0.39 is 0 Å². The number of nitrogens with zero attached hydrogens (tertiary/aromatic N) is 1. The second-order valence-electron chi connectivity index (χ2n) is 9.14. The Bertz CT molecular complexity index is 869. The molecule has 4 rings (SSSR count). The lowest BCUT2D eigenvalue weighted by atomic mass is 9.76. The summed E-state index contributed by atoms with van der Waals surface area (Å²) in [5.41, 5.74) is 4.89. The zero-order valence-corrected chi connectivity index (χ0v) is 17.6. The van der Waals surface area contributed by atoms with Gasteiger partial charge in [0.2, 0.25) is 0 Å². The van der Waals surface area contributed by atoms with Gasteiger partial charge < -0.3 is 0 Å². The van der Waals surface area contributed by atoms with Gasteiger partial charge in [-0.2, -0.15) is 5.26 Å². The Morgan fingerprint density at radius 1 is 0.931 bits per heavy atom. The van der Waals surface area contributed by atoms with Crippen LogP contribution in [0, 0.1) is 23.1 Å². The van der Waals surface area contributed by atoms with Gasteiger partial charge in [0.25, 0.3) is 0 Å². The van der Waals surface area contributed by atoms with E-state index in [0.717, 1.165) is 42.2 Å². The molecule has 1 saturated carbocycles. The molecule has 1 nitrogen and oxygen atoms in total. The first-order valence-electron chi connectivity index (χ1n) is 11.5. The Balaban J connectivity index is 1.39.